The molecular formula is C17H21Cl2N3O4. The molecule has 9 heteroatoms. The predicted molar refractivity (Wildman–Crippen MR) is 97.1 cm³/mol. The maximum atomic E-state index is 12.5. The first-order chi connectivity index (χ1) is 12.4. The minimum Gasteiger partial charge on any atom is -0.508 e. The summed E-state index contributed by atoms with van der Waals surface area (Å²) >= 11 is 11.9. The van der Waals surface area contributed by atoms with Gasteiger partial charge in [0.1, 0.15) is 12.4 Å². The molecule has 1 aromatic rings. The van der Waals surface area contributed by atoms with Crippen molar-refractivity contribution in [1.82, 2.24) is 10.2 Å². The van der Waals surface area contributed by atoms with Crippen LogP contribution in [0.1, 0.15) is 24.4 Å². The number of carbonyl (C=O) groups is 2. The molecule has 4 N–H and O–H groups in total. The summed E-state index contributed by atoms with van der Waals surface area (Å²) in [5.41, 5.74) is 6.89. The van der Waals surface area contributed by atoms with Crippen LogP contribution in [-0.2, 0) is 14.3 Å². The van der Waals surface area contributed by atoms with Crippen molar-refractivity contribution in [1.29, 1.82) is 0 Å². The molecule has 1 aromatic carbocycles. The number of phenolic OH excluding ortho intramolecular Hbond substituents is 1. The molecule has 0 spiro atoms. The molecule has 2 atom stereocenters. The lowest BCUT2D eigenvalue weighted by atomic mass is 9.85. The SMILES string of the molecule is N[C@@H](c1cc(Cl)c(Cl)cc1O)C1CCN(C(=O)[C@@H]2CNC(=O)CO2)CC1. The van der Waals surface area contributed by atoms with Crippen molar-refractivity contribution in [3.8, 4) is 5.75 Å². The average Bonchev–Trinajstić information content (AvgIpc) is 2.64. The predicted octanol–water partition coefficient (Wildman–Crippen LogP) is 1.45. The number of hydrogen-bond acceptors (Lipinski definition) is 5. The fourth-order valence-electron chi connectivity index (χ4n) is 3.41. The van der Waals surface area contributed by atoms with Gasteiger partial charge < -0.3 is 25.8 Å². The van der Waals surface area contributed by atoms with Crippen molar-refractivity contribution in [2.24, 2.45) is 11.7 Å². The molecule has 26 heavy (non-hydrogen) atoms. The van der Waals surface area contributed by atoms with Gasteiger partial charge in [-0.2, -0.15) is 0 Å². The van der Waals surface area contributed by atoms with Gasteiger partial charge in [0, 0.05) is 30.8 Å². The number of amides is 2. The van der Waals surface area contributed by atoms with E-state index in [2.05, 4.69) is 5.32 Å². The summed E-state index contributed by atoms with van der Waals surface area (Å²) in [6, 6.07) is 2.60. The Morgan fingerprint density at radius 3 is 2.58 bits per heavy atom. The molecule has 7 nitrogen and oxygen atoms in total. The summed E-state index contributed by atoms with van der Waals surface area (Å²) < 4.78 is 5.30. The van der Waals surface area contributed by atoms with Gasteiger partial charge in [-0.3, -0.25) is 9.59 Å². The Hall–Kier alpha value is -1.54. The quantitative estimate of drug-likeness (QED) is 0.710. The highest BCUT2D eigenvalue weighted by atomic mass is 35.5. The van der Waals surface area contributed by atoms with Crippen LogP contribution in [0.5, 0.6) is 5.75 Å². The standard InChI is InChI=1S/C17H21Cl2N3O4/c18-11-5-10(13(23)6-12(11)19)16(20)9-1-3-22(4-2-9)17(25)14-7-21-15(24)8-26-14/h5-6,9,14,16,23H,1-4,7-8,20H2,(H,21,24)/t14-,16+/m0/s1. The zero-order valence-corrected chi connectivity index (χ0v) is 15.6. The van der Waals surface area contributed by atoms with Crippen LogP contribution in [0.2, 0.25) is 10.0 Å². The molecule has 0 aromatic heterocycles. The Morgan fingerprint density at radius 1 is 1.31 bits per heavy atom. The van der Waals surface area contributed by atoms with Crippen LogP contribution in [-0.4, -0.2) is 54.2 Å². The van der Waals surface area contributed by atoms with Gasteiger partial charge in [-0.1, -0.05) is 23.2 Å². The van der Waals surface area contributed by atoms with Crippen LogP contribution in [0.4, 0.5) is 0 Å². The van der Waals surface area contributed by atoms with E-state index in [4.69, 9.17) is 33.7 Å². The van der Waals surface area contributed by atoms with Crippen LogP contribution in [0, 0.1) is 5.92 Å². The lowest BCUT2D eigenvalue weighted by molar-refractivity contribution is -0.151. The van der Waals surface area contributed by atoms with E-state index in [1.54, 1.807) is 11.0 Å². The minimum absolute atomic E-state index is 0.0248. The van der Waals surface area contributed by atoms with Gasteiger partial charge in [-0.15, -0.1) is 0 Å². The summed E-state index contributed by atoms with van der Waals surface area (Å²) in [6.45, 7) is 1.21. The number of benzene rings is 1. The van der Waals surface area contributed by atoms with Crippen molar-refractivity contribution in [2.75, 3.05) is 26.2 Å². The topological polar surface area (TPSA) is 105 Å². The Bertz CT molecular complexity index is 697. The second-order valence-electron chi connectivity index (χ2n) is 6.62. The third-order valence-corrected chi connectivity index (χ3v) is 5.69. The summed E-state index contributed by atoms with van der Waals surface area (Å²) in [5, 5.41) is 13.4. The highest BCUT2D eigenvalue weighted by Crippen LogP contribution is 2.37. The van der Waals surface area contributed by atoms with E-state index in [0.717, 1.165) is 0 Å². The number of likely N-dealkylation sites (tertiary alicyclic amines) is 1. The molecular weight excluding hydrogens is 381 g/mol. The molecule has 2 aliphatic heterocycles. The van der Waals surface area contributed by atoms with Gasteiger partial charge in [-0.25, -0.2) is 0 Å². The van der Waals surface area contributed by atoms with Crippen LogP contribution < -0.4 is 11.1 Å². The monoisotopic (exact) mass is 401 g/mol. The molecule has 0 saturated carbocycles. The smallest absolute Gasteiger partial charge is 0.253 e. The number of ether oxygens (including phenoxy) is 1. The van der Waals surface area contributed by atoms with E-state index >= 15 is 0 Å². The Kier molecular flexibility index (Phi) is 5.92. The van der Waals surface area contributed by atoms with Crippen molar-refractivity contribution in [3.05, 3.63) is 27.7 Å². The van der Waals surface area contributed by atoms with Crippen molar-refractivity contribution < 1.29 is 19.4 Å². The average molecular weight is 402 g/mol. The van der Waals surface area contributed by atoms with Crippen LogP contribution in [0.3, 0.4) is 0 Å². The van der Waals surface area contributed by atoms with Gasteiger partial charge in [0.2, 0.25) is 5.91 Å². The molecule has 2 heterocycles. The fraction of sp³-hybridized carbons (Fsp3) is 0.529. The van der Waals surface area contributed by atoms with E-state index in [0.29, 0.717) is 36.5 Å². The first-order valence-electron chi connectivity index (χ1n) is 8.47. The molecule has 2 fully saturated rings. The summed E-state index contributed by atoms with van der Waals surface area (Å²) in [5.74, 6) is -0.194. The van der Waals surface area contributed by atoms with E-state index < -0.39 is 12.1 Å². The van der Waals surface area contributed by atoms with Gasteiger partial charge in [0.15, 0.2) is 6.10 Å². The zero-order valence-electron chi connectivity index (χ0n) is 14.1. The van der Waals surface area contributed by atoms with Crippen LogP contribution in [0.25, 0.3) is 0 Å². The number of aromatic hydroxyl groups is 1. The second-order valence-corrected chi connectivity index (χ2v) is 7.43. The molecule has 3 rings (SSSR count). The van der Waals surface area contributed by atoms with Gasteiger partial charge >= 0.3 is 0 Å². The molecule has 142 valence electrons. The second kappa shape index (κ2) is 8.00. The summed E-state index contributed by atoms with van der Waals surface area (Å²) in [6.07, 6.45) is 0.772. The van der Waals surface area contributed by atoms with Gasteiger partial charge in [0.25, 0.3) is 5.91 Å². The first kappa shape index (κ1) is 19.2. The summed E-state index contributed by atoms with van der Waals surface area (Å²) in [4.78, 5) is 25.3. The van der Waals surface area contributed by atoms with Crippen LogP contribution >= 0.6 is 23.2 Å². The number of halogens is 2. The number of nitrogens with two attached hydrogens (primary N) is 1. The minimum atomic E-state index is -0.628. The molecule has 2 aliphatic rings. The maximum Gasteiger partial charge on any atom is 0.253 e. The van der Waals surface area contributed by atoms with E-state index in [9.17, 15) is 14.7 Å². The van der Waals surface area contributed by atoms with Crippen molar-refractivity contribution in [2.45, 2.75) is 25.0 Å². The largest absolute Gasteiger partial charge is 0.508 e. The molecule has 2 saturated heterocycles. The number of rotatable bonds is 3. The molecule has 0 aliphatic carbocycles. The number of morpholine rings is 1. The first-order valence-corrected chi connectivity index (χ1v) is 9.23. The molecule has 2 amide bonds. The third kappa shape index (κ3) is 4.06. The van der Waals surface area contributed by atoms with Gasteiger partial charge in [-0.05, 0) is 24.8 Å². The number of nitrogens with one attached hydrogen (secondary N) is 1. The van der Waals surface area contributed by atoms with Crippen molar-refractivity contribution in [3.63, 3.8) is 0 Å². The zero-order chi connectivity index (χ0) is 18.8. The van der Waals surface area contributed by atoms with Gasteiger partial charge in [0.05, 0.1) is 16.6 Å². The van der Waals surface area contributed by atoms with E-state index in [1.165, 1.54) is 6.07 Å². The molecule has 0 radical (unpaired) electrons. The Balaban J connectivity index is 1.59. The van der Waals surface area contributed by atoms with E-state index in [-0.39, 0.29) is 41.7 Å². The van der Waals surface area contributed by atoms with Crippen LogP contribution in [0.15, 0.2) is 12.1 Å². The number of carbonyl (C=O) groups excluding carboxylic acids is 2. The maximum absolute atomic E-state index is 12.5. The normalized spacial score (nSPS) is 22.8. The van der Waals surface area contributed by atoms with E-state index in [1.807, 2.05) is 0 Å². The Labute approximate surface area is 161 Å². The summed E-state index contributed by atoms with van der Waals surface area (Å²) in [7, 11) is 0. The molecule has 0 bridgehead atoms. The third-order valence-electron chi connectivity index (χ3n) is 4.96. The fourth-order valence-corrected chi connectivity index (χ4v) is 3.74. The molecule has 0 unspecified atom stereocenters. The Morgan fingerprint density at radius 2 is 1.96 bits per heavy atom. The highest BCUT2D eigenvalue weighted by Gasteiger charge is 2.33. The lowest BCUT2D eigenvalue weighted by Gasteiger charge is -2.37. The lowest BCUT2D eigenvalue weighted by Crippen LogP contribution is -2.53. The number of phenols is 1. The number of nitrogens with zero attached hydrogens (tertiary/aromatic N) is 1. The highest BCUT2D eigenvalue weighted by molar-refractivity contribution is 6.42. The number of piperidine rings is 1. The van der Waals surface area contributed by atoms with Crippen molar-refractivity contribution >= 4 is 35.0 Å². The number of hydrogen-bond donors (Lipinski definition) is 3.